The molecular weight excluding hydrogens is 231 g/mol. The number of carbonyl (C=O) groups is 1. The van der Waals surface area contributed by atoms with E-state index in [2.05, 4.69) is 5.32 Å². The highest BCUT2D eigenvalue weighted by atomic mass is 19.1. The molecule has 100 valence electrons. The van der Waals surface area contributed by atoms with E-state index in [1.54, 1.807) is 12.1 Å². The Morgan fingerprint density at radius 2 is 1.83 bits per heavy atom. The third-order valence-corrected chi connectivity index (χ3v) is 2.79. The van der Waals surface area contributed by atoms with Crippen LogP contribution in [0.15, 0.2) is 24.3 Å². The molecule has 1 amide bonds. The summed E-state index contributed by atoms with van der Waals surface area (Å²) < 4.78 is 12.8. The third-order valence-electron chi connectivity index (χ3n) is 2.79. The van der Waals surface area contributed by atoms with Crippen LogP contribution in [0.1, 0.15) is 38.8 Å². The molecular formula is C14H21FN2O. The van der Waals surface area contributed by atoms with E-state index in [9.17, 15) is 9.18 Å². The number of rotatable bonds is 5. The van der Waals surface area contributed by atoms with Gasteiger partial charge in [0.15, 0.2) is 0 Å². The van der Waals surface area contributed by atoms with Gasteiger partial charge < -0.3 is 11.1 Å². The first-order valence-electron chi connectivity index (χ1n) is 6.21. The van der Waals surface area contributed by atoms with Crippen molar-refractivity contribution in [3.05, 3.63) is 35.6 Å². The van der Waals surface area contributed by atoms with Crippen molar-refractivity contribution in [1.29, 1.82) is 0 Å². The molecule has 1 aromatic rings. The summed E-state index contributed by atoms with van der Waals surface area (Å²) in [5.41, 5.74) is 6.66. The molecule has 0 aliphatic heterocycles. The van der Waals surface area contributed by atoms with Crippen LogP contribution in [0.25, 0.3) is 0 Å². The van der Waals surface area contributed by atoms with E-state index >= 15 is 0 Å². The average molecular weight is 252 g/mol. The predicted molar refractivity (Wildman–Crippen MR) is 70.4 cm³/mol. The minimum Gasteiger partial charge on any atom is -0.348 e. The van der Waals surface area contributed by atoms with Gasteiger partial charge in [-0.1, -0.05) is 26.0 Å². The molecule has 0 saturated carbocycles. The number of hydrogen-bond donors (Lipinski definition) is 2. The lowest BCUT2D eigenvalue weighted by Gasteiger charge is -2.19. The zero-order valence-electron chi connectivity index (χ0n) is 11.1. The summed E-state index contributed by atoms with van der Waals surface area (Å²) in [6, 6.07) is 5.42. The Morgan fingerprint density at radius 1 is 1.28 bits per heavy atom. The largest absolute Gasteiger partial charge is 0.348 e. The van der Waals surface area contributed by atoms with Gasteiger partial charge in [0.05, 0.1) is 12.1 Å². The molecule has 1 aromatic carbocycles. The fourth-order valence-corrected chi connectivity index (χ4v) is 1.77. The van der Waals surface area contributed by atoms with Crippen molar-refractivity contribution < 1.29 is 9.18 Å². The van der Waals surface area contributed by atoms with Gasteiger partial charge in [0.1, 0.15) is 5.82 Å². The second-order valence-electron chi connectivity index (χ2n) is 5.02. The summed E-state index contributed by atoms with van der Waals surface area (Å²) in [7, 11) is 0. The Morgan fingerprint density at radius 3 is 2.33 bits per heavy atom. The van der Waals surface area contributed by atoms with Gasteiger partial charge in [-0.3, -0.25) is 4.79 Å². The van der Waals surface area contributed by atoms with E-state index < -0.39 is 6.04 Å². The van der Waals surface area contributed by atoms with Crippen LogP contribution >= 0.6 is 0 Å². The minimum atomic E-state index is -0.493. The molecule has 0 bridgehead atoms. The summed E-state index contributed by atoms with van der Waals surface area (Å²) >= 11 is 0. The maximum Gasteiger partial charge on any atom is 0.237 e. The summed E-state index contributed by atoms with van der Waals surface area (Å²) in [4.78, 5) is 11.8. The van der Waals surface area contributed by atoms with Crippen LogP contribution in [0.4, 0.5) is 4.39 Å². The number of carbonyl (C=O) groups excluding carboxylic acids is 1. The molecule has 0 fully saturated rings. The van der Waals surface area contributed by atoms with Crippen LogP contribution in [0.2, 0.25) is 0 Å². The molecule has 0 heterocycles. The van der Waals surface area contributed by atoms with Gasteiger partial charge in [-0.2, -0.15) is 0 Å². The Balaban J connectivity index is 2.56. The van der Waals surface area contributed by atoms with Crippen LogP contribution in [0, 0.1) is 11.7 Å². The predicted octanol–water partition coefficient (Wildman–Crippen LogP) is 2.38. The van der Waals surface area contributed by atoms with Gasteiger partial charge >= 0.3 is 0 Å². The summed E-state index contributed by atoms with van der Waals surface area (Å²) in [5, 5.41) is 2.83. The van der Waals surface area contributed by atoms with Crippen molar-refractivity contribution in [3.63, 3.8) is 0 Å². The maximum atomic E-state index is 12.8. The van der Waals surface area contributed by atoms with Crippen LogP contribution in [0.5, 0.6) is 0 Å². The highest BCUT2D eigenvalue weighted by Gasteiger charge is 2.17. The molecule has 0 aromatic heterocycles. The molecule has 0 unspecified atom stereocenters. The van der Waals surface area contributed by atoms with Crippen molar-refractivity contribution in [2.24, 2.45) is 11.7 Å². The zero-order chi connectivity index (χ0) is 13.7. The Bertz CT molecular complexity index is 389. The van der Waals surface area contributed by atoms with E-state index in [0.29, 0.717) is 12.3 Å². The lowest BCUT2D eigenvalue weighted by molar-refractivity contribution is -0.123. The summed E-state index contributed by atoms with van der Waals surface area (Å²) in [5.74, 6) is -0.0683. The number of hydrogen-bond acceptors (Lipinski definition) is 2. The summed E-state index contributed by atoms with van der Waals surface area (Å²) in [6.45, 7) is 5.90. The lowest BCUT2D eigenvalue weighted by atomic mass is 10.0. The molecule has 1 rings (SSSR count). The van der Waals surface area contributed by atoms with E-state index in [1.165, 1.54) is 12.1 Å². The second-order valence-corrected chi connectivity index (χ2v) is 5.02. The number of nitrogens with one attached hydrogen (secondary N) is 1. The molecule has 3 N–H and O–H groups in total. The Kier molecular flexibility index (Phi) is 5.28. The first kappa shape index (κ1) is 14.6. The summed E-state index contributed by atoms with van der Waals surface area (Å²) in [6.07, 6.45) is 0.655. The highest BCUT2D eigenvalue weighted by molar-refractivity contribution is 5.81. The van der Waals surface area contributed by atoms with Crippen molar-refractivity contribution in [3.8, 4) is 0 Å². The fourth-order valence-electron chi connectivity index (χ4n) is 1.77. The van der Waals surface area contributed by atoms with Crippen LogP contribution in [-0.4, -0.2) is 11.9 Å². The molecule has 0 saturated heterocycles. The van der Waals surface area contributed by atoms with E-state index in [0.717, 1.165) is 5.56 Å². The molecule has 4 heteroatoms. The Labute approximate surface area is 108 Å². The number of nitrogens with two attached hydrogens (primary N) is 1. The molecule has 3 nitrogen and oxygen atoms in total. The highest BCUT2D eigenvalue weighted by Crippen LogP contribution is 2.13. The van der Waals surface area contributed by atoms with Crippen LogP contribution in [0.3, 0.4) is 0 Å². The molecule has 18 heavy (non-hydrogen) atoms. The lowest BCUT2D eigenvalue weighted by Crippen LogP contribution is -2.42. The zero-order valence-corrected chi connectivity index (χ0v) is 11.1. The average Bonchev–Trinajstić information content (AvgIpc) is 2.28. The Hall–Kier alpha value is -1.42. The number of benzene rings is 1. The smallest absolute Gasteiger partial charge is 0.237 e. The van der Waals surface area contributed by atoms with Gasteiger partial charge in [0.2, 0.25) is 5.91 Å². The monoisotopic (exact) mass is 252 g/mol. The van der Waals surface area contributed by atoms with E-state index in [4.69, 9.17) is 5.73 Å². The van der Waals surface area contributed by atoms with Gasteiger partial charge in [0, 0.05) is 0 Å². The van der Waals surface area contributed by atoms with Gasteiger partial charge in [-0.15, -0.1) is 0 Å². The van der Waals surface area contributed by atoms with Crippen molar-refractivity contribution in [1.82, 2.24) is 5.32 Å². The minimum absolute atomic E-state index is 0.166. The van der Waals surface area contributed by atoms with Gasteiger partial charge in [-0.05, 0) is 37.0 Å². The van der Waals surface area contributed by atoms with Crippen molar-refractivity contribution in [2.75, 3.05) is 0 Å². The normalized spacial score (nSPS) is 14.3. The van der Waals surface area contributed by atoms with Crippen LogP contribution in [-0.2, 0) is 4.79 Å². The van der Waals surface area contributed by atoms with E-state index in [1.807, 2.05) is 20.8 Å². The van der Waals surface area contributed by atoms with Crippen LogP contribution < -0.4 is 11.1 Å². The molecule has 0 aliphatic carbocycles. The fraction of sp³-hybridized carbons (Fsp3) is 0.500. The van der Waals surface area contributed by atoms with E-state index in [-0.39, 0.29) is 17.8 Å². The quantitative estimate of drug-likeness (QED) is 0.845. The van der Waals surface area contributed by atoms with Gasteiger partial charge in [0.25, 0.3) is 0 Å². The molecule has 0 spiro atoms. The molecule has 0 radical (unpaired) electrons. The standard InChI is InChI=1S/C14H21FN2O/c1-9(2)8-13(16)14(18)17-10(3)11-4-6-12(15)7-5-11/h4-7,9-10,13H,8,16H2,1-3H3,(H,17,18)/t10-,13+/m0/s1. The van der Waals surface area contributed by atoms with Gasteiger partial charge in [-0.25, -0.2) is 4.39 Å². The van der Waals surface area contributed by atoms with Crippen molar-refractivity contribution >= 4 is 5.91 Å². The SMILES string of the molecule is CC(C)C[C@@H](N)C(=O)N[C@@H](C)c1ccc(F)cc1. The maximum absolute atomic E-state index is 12.8. The van der Waals surface area contributed by atoms with Crippen molar-refractivity contribution in [2.45, 2.75) is 39.3 Å². The number of amides is 1. The third kappa shape index (κ3) is 4.45. The first-order valence-corrected chi connectivity index (χ1v) is 6.21. The molecule has 0 aliphatic rings. The topological polar surface area (TPSA) is 55.1 Å². The first-order chi connectivity index (χ1) is 8.40. The molecule has 2 atom stereocenters. The second kappa shape index (κ2) is 6.50. The number of halogens is 1.